The summed E-state index contributed by atoms with van der Waals surface area (Å²) >= 11 is 20.0. The Kier molecular flexibility index (Phi) is 23.3. The van der Waals surface area contributed by atoms with E-state index in [0.717, 1.165) is 9.13 Å². The van der Waals surface area contributed by atoms with Crippen LogP contribution in [0.25, 0.3) is 11.2 Å². The summed E-state index contributed by atoms with van der Waals surface area (Å²) in [5.74, 6) is -3.54. The van der Waals surface area contributed by atoms with Crippen LogP contribution >= 0.6 is 71.2 Å². The third kappa shape index (κ3) is 17.6. The number of carbonyl (C=O) groups excluding carboxylic acids is 4. The van der Waals surface area contributed by atoms with Crippen molar-refractivity contribution in [3.8, 4) is 11.6 Å². The molecule has 3 aliphatic rings. The molecule has 37 heteroatoms. The van der Waals surface area contributed by atoms with Crippen molar-refractivity contribution in [1.29, 1.82) is 0 Å². The number of carbonyl (C=O) groups is 4. The number of nitrogens with zero attached hydrogens (tertiary/aromatic N) is 6. The summed E-state index contributed by atoms with van der Waals surface area (Å²) in [4.78, 5) is 120. The number of hydrogen-bond acceptors (Lipinski definition) is 26. The van der Waals surface area contributed by atoms with Gasteiger partial charge < -0.3 is 38.3 Å². The number of esters is 2. The van der Waals surface area contributed by atoms with Gasteiger partial charge in [0.15, 0.2) is 11.2 Å². The van der Waals surface area contributed by atoms with Gasteiger partial charge in [-0.2, -0.15) is 9.97 Å². The van der Waals surface area contributed by atoms with Crippen molar-refractivity contribution in [3.05, 3.63) is 129 Å². The number of imidazole rings is 1. The molecule has 7 heterocycles. The number of amides is 1. The first kappa shape index (κ1) is 70.3. The molecular formula is C55H62Cl3N9O21P2S2. The number of aryl methyl sites for hydroxylation is 2. The zero-order valence-corrected chi connectivity index (χ0v) is 55.4. The number of ketones is 1. The number of aromatic nitrogens is 8. The third-order valence-corrected chi connectivity index (χ3v) is 22.0. The Hall–Kier alpha value is -6.06. The molecule has 0 spiro atoms. The summed E-state index contributed by atoms with van der Waals surface area (Å²) in [6.45, 7) is -2.52. The highest BCUT2D eigenvalue weighted by Gasteiger charge is 2.48. The Bertz CT molecular complexity index is 4080. The number of nitrogens with one attached hydrogen (secondary N) is 3. The number of halogens is 3. The second-order valence-electron chi connectivity index (χ2n) is 21.4. The van der Waals surface area contributed by atoms with Crippen LogP contribution in [0.3, 0.4) is 0 Å². The van der Waals surface area contributed by atoms with Gasteiger partial charge in [0.05, 0.1) is 37.6 Å². The van der Waals surface area contributed by atoms with Gasteiger partial charge in [0.25, 0.3) is 17.0 Å². The quantitative estimate of drug-likeness (QED) is 0.0203. The maximum atomic E-state index is 15.6. The van der Waals surface area contributed by atoms with Gasteiger partial charge in [0.1, 0.15) is 72.8 Å². The summed E-state index contributed by atoms with van der Waals surface area (Å²) in [5, 5.41) is 14.2. The molecule has 92 heavy (non-hydrogen) atoms. The maximum Gasteiger partial charge on any atom is 0.394 e. The average molecular weight is 1420 g/mol. The van der Waals surface area contributed by atoms with E-state index in [-0.39, 0.29) is 94.2 Å². The van der Waals surface area contributed by atoms with Crippen molar-refractivity contribution < 1.29 is 79.9 Å². The molecule has 4 N–H and O–H groups in total. The van der Waals surface area contributed by atoms with E-state index in [9.17, 15) is 43.5 Å². The minimum Gasteiger partial charge on any atom is -0.459 e. The van der Waals surface area contributed by atoms with Crippen molar-refractivity contribution >= 4 is 112 Å². The fraction of sp³-hybridized carbons (Fsp3) is 0.473. The lowest BCUT2D eigenvalue weighted by atomic mass is 10.1. The van der Waals surface area contributed by atoms with Gasteiger partial charge in [0.2, 0.25) is 11.9 Å². The molecule has 6 aromatic rings. The van der Waals surface area contributed by atoms with Crippen LogP contribution in [0.2, 0.25) is 15.1 Å². The molecule has 0 bridgehead atoms. The maximum absolute atomic E-state index is 15.6. The van der Waals surface area contributed by atoms with Crippen LogP contribution in [-0.2, 0) is 70.1 Å². The Morgan fingerprint density at radius 3 is 1.93 bits per heavy atom. The highest BCUT2D eigenvalue weighted by atomic mass is 35.5. The monoisotopic (exact) mass is 1420 g/mol. The molecule has 9 rings (SSSR count). The standard InChI is InChI=1S/C55H62Cl3N9O21P2S2/c1-7-45(70)79-26-91-89(77,87-37-18-44(82-39(37)22-68)67-25-59-47-48(67)60-53(61-49(72)27(2)3)64-52(47)86-35-16-32(57)11-14-34(35)58)80-24-41-38(19-43(84-41)66-21-29(5)51(74)63-55(66)76)88-90(78,92-33-12-9-31(56)10-13-33)81-23-40-36(85-46(71)15-8-30(6)69)17-42(83-40)65-20-28(4)50(73)62-54(65)75/h9-14,16,20-21,25,27,36-44,68H,7-8,15,17-19,22-24,26H2,1-6H3,(H,62,73,75)(H,63,74,76)(H,60,61,64,72)/t36-,37-,38-,39-,40-,41-,42-,43-,44-,89?,90?/m1/s1. The number of Topliss-reactive ketones (excluding diaryl/α,β-unsaturated/α-hetero) is 1. The Morgan fingerprint density at radius 1 is 0.761 bits per heavy atom. The summed E-state index contributed by atoms with van der Waals surface area (Å²) in [5.41, 5.74) is -2.74. The molecule has 3 saturated heterocycles. The van der Waals surface area contributed by atoms with Gasteiger partial charge in [-0.25, -0.2) is 23.7 Å². The number of benzene rings is 2. The van der Waals surface area contributed by atoms with E-state index in [4.69, 9.17) is 81.3 Å². The first-order valence-electron chi connectivity index (χ1n) is 28.4. The summed E-state index contributed by atoms with van der Waals surface area (Å²) in [6, 6.07) is 10.5. The molecule has 0 saturated carbocycles. The normalized spacial score (nSPS) is 22.7. The number of aliphatic hydroxyl groups excluding tert-OH is 1. The minimum absolute atomic E-state index is 0.0585. The topological polar surface area (TPSA) is 380 Å². The SMILES string of the molecule is CCC(=O)OCSP(=O)(OC[C@H]1O[C@@H](n2cc(C)c(=O)[nH]c2=O)C[C@H]1OP(=O)(OC[C@H]1O[C@@H](n2cc(C)c(=O)[nH]c2=O)C[C@H]1OC(=O)CCC(C)=O)Sc1ccc(Cl)cc1)O[C@@H]1C[C@H](n2cnc3c(Oc4cc(Cl)ccc4Cl)nc(NC(=O)C(C)C)nc32)O[C@@H]1CO. The van der Waals surface area contributed by atoms with Crippen LogP contribution in [0.15, 0.2) is 85.3 Å². The predicted octanol–water partition coefficient (Wildman–Crippen LogP) is 8.48. The van der Waals surface area contributed by atoms with Crippen LogP contribution in [0, 0.1) is 19.8 Å². The van der Waals surface area contributed by atoms with E-state index < -0.39 is 141 Å². The zero-order chi connectivity index (χ0) is 66.3. The molecule has 11 atom stereocenters. The van der Waals surface area contributed by atoms with Crippen LogP contribution < -0.4 is 32.6 Å². The number of hydrogen-bond donors (Lipinski definition) is 4. The fourth-order valence-corrected chi connectivity index (χ4v) is 16.2. The van der Waals surface area contributed by atoms with E-state index in [1.54, 1.807) is 19.9 Å². The van der Waals surface area contributed by atoms with Gasteiger partial charge in [-0.1, -0.05) is 55.6 Å². The van der Waals surface area contributed by atoms with Crippen molar-refractivity contribution in [2.75, 3.05) is 31.1 Å². The highest BCUT2D eigenvalue weighted by molar-refractivity contribution is 8.55. The summed E-state index contributed by atoms with van der Waals surface area (Å²) in [6.07, 6.45) is -8.92. The molecule has 2 aromatic carbocycles. The van der Waals surface area contributed by atoms with E-state index in [1.165, 1.54) is 87.4 Å². The summed E-state index contributed by atoms with van der Waals surface area (Å²) in [7, 11) is 0. The van der Waals surface area contributed by atoms with Gasteiger partial charge in [-0.05, 0) is 68.6 Å². The van der Waals surface area contributed by atoms with Gasteiger partial charge in [-0.3, -0.25) is 71.1 Å². The molecule has 30 nitrogen and oxygen atoms in total. The minimum atomic E-state index is -4.72. The first-order chi connectivity index (χ1) is 43.7. The first-order valence-corrected chi connectivity index (χ1v) is 35.6. The lowest BCUT2D eigenvalue weighted by Crippen LogP contribution is -2.33. The second-order valence-corrected chi connectivity index (χ2v) is 30.6. The number of fused-ring (bicyclic) bond motifs is 1. The van der Waals surface area contributed by atoms with E-state index in [2.05, 4.69) is 30.2 Å². The average Bonchev–Trinajstić information content (AvgIpc) is 1.66. The van der Waals surface area contributed by atoms with Crippen LogP contribution in [-0.4, -0.2) is 130 Å². The zero-order valence-electron chi connectivity index (χ0n) is 49.8. The molecular weight excluding hydrogens is 1360 g/mol. The van der Waals surface area contributed by atoms with Crippen molar-refractivity contribution in [2.45, 2.75) is 140 Å². The van der Waals surface area contributed by atoms with Crippen LogP contribution in [0.1, 0.15) is 96.0 Å². The highest BCUT2D eigenvalue weighted by Crippen LogP contribution is 2.67. The molecule has 496 valence electrons. The van der Waals surface area contributed by atoms with Crippen molar-refractivity contribution in [1.82, 2.24) is 38.6 Å². The molecule has 3 fully saturated rings. The second kappa shape index (κ2) is 30.6. The Labute approximate surface area is 545 Å². The molecule has 0 aliphatic carbocycles. The fourth-order valence-electron chi connectivity index (χ4n) is 9.39. The smallest absolute Gasteiger partial charge is 0.394 e. The van der Waals surface area contributed by atoms with Gasteiger partial charge in [-0.15, -0.1) is 0 Å². The lowest BCUT2D eigenvalue weighted by molar-refractivity contribution is -0.153. The molecule has 3 aliphatic heterocycles. The van der Waals surface area contributed by atoms with E-state index >= 15 is 9.13 Å². The van der Waals surface area contributed by atoms with Crippen LogP contribution in [0.4, 0.5) is 5.95 Å². The number of H-pyrrole nitrogens is 2. The molecule has 2 unspecified atom stereocenters. The lowest BCUT2D eigenvalue weighted by Gasteiger charge is -2.28. The summed E-state index contributed by atoms with van der Waals surface area (Å²) < 4.78 is 96.0. The molecule has 1 amide bonds. The number of ether oxygens (including phenoxy) is 6. The Balaban J connectivity index is 1.02. The Morgan fingerprint density at radius 2 is 1.33 bits per heavy atom. The predicted molar refractivity (Wildman–Crippen MR) is 333 cm³/mol. The van der Waals surface area contributed by atoms with Crippen LogP contribution in [0.5, 0.6) is 11.6 Å². The number of anilines is 1. The number of rotatable bonds is 28. The molecule has 0 radical (unpaired) electrons. The van der Waals surface area contributed by atoms with Crippen molar-refractivity contribution in [3.63, 3.8) is 0 Å². The number of aromatic amines is 2. The molecule has 4 aromatic heterocycles. The van der Waals surface area contributed by atoms with Gasteiger partial charge in [0, 0.05) is 93.9 Å². The third-order valence-electron chi connectivity index (χ3n) is 14.2. The van der Waals surface area contributed by atoms with Gasteiger partial charge >= 0.3 is 36.9 Å². The largest absolute Gasteiger partial charge is 0.459 e. The van der Waals surface area contributed by atoms with E-state index in [1.807, 2.05) is 0 Å². The number of aliphatic hydroxyl groups is 1. The van der Waals surface area contributed by atoms with E-state index in [0.29, 0.717) is 32.7 Å². The van der Waals surface area contributed by atoms with Crippen molar-refractivity contribution in [2.24, 2.45) is 5.92 Å².